The maximum atomic E-state index is 12.3. The fourth-order valence-electron chi connectivity index (χ4n) is 2.28. The summed E-state index contributed by atoms with van der Waals surface area (Å²) in [6, 6.07) is -0.0142. The van der Waals surface area contributed by atoms with Gasteiger partial charge in [0.2, 0.25) is 5.91 Å². The molecular formula is C13H27N3O. The van der Waals surface area contributed by atoms with Crippen molar-refractivity contribution in [1.29, 1.82) is 0 Å². The molecule has 0 radical (unpaired) electrons. The Labute approximate surface area is 105 Å². The molecule has 100 valence electrons. The van der Waals surface area contributed by atoms with E-state index in [9.17, 15) is 4.79 Å². The van der Waals surface area contributed by atoms with Crippen LogP contribution in [0.15, 0.2) is 0 Å². The van der Waals surface area contributed by atoms with Crippen LogP contribution in [0.1, 0.15) is 39.0 Å². The molecule has 1 rings (SSSR count). The summed E-state index contributed by atoms with van der Waals surface area (Å²) in [5, 5.41) is 0. The summed E-state index contributed by atoms with van der Waals surface area (Å²) in [6.07, 6.45) is 5.80. The highest BCUT2D eigenvalue weighted by Gasteiger charge is 2.23. The van der Waals surface area contributed by atoms with E-state index in [-0.39, 0.29) is 11.9 Å². The highest BCUT2D eigenvalue weighted by atomic mass is 16.2. The number of amides is 1. The fourth-order valence-corrected chi connectivity index (χ4v) is 2.28. The molecule has 0 aromatic carbocycles. The Morgan fingerprint density at radius 1 is 1.29 bits per heavy atom. The average molecular weight is 241 g/mol. The molecule has 1 unspecified atom stereocenters. The van der Waals surface area contributed by atoms with Crippen molar-refractivity contribution < 1.29 is 4.79 Å². The fraction of sp³-hybridized carbons (Fsp3) is 0.923. The summed E-state index contributed by atoms with van der Waals surface area (Å²) in [5.41, 5.74) is 5.49. The lowest BCUT2D eigenvalue weighted by molar-refractivity contribution is -0.135. The molecule has 2 N–H and O–H groups in total. The van der Waals surface area contributed by atoms with E-state index in [0.717, 1.165) is 38.9 Å². The Morgan fingerprint density at radius 2 is 1.88 bits per heavy atom. The van der Waals surface area contributed by atoms with Crippen LogP contribution < -0.4 is 5.73 Å². The number of nitrogens with zero attached hydrogens (tertiary/aromatic N) is 2. The molecule has 1 atom stereocenters. The second-order valence-electron chi connectivity index (χ2n) is 5.04. The van der Waals surface area contributed by atoms with Crippen LogP contribution in [0.5, 0.6) is 0 Å². The molecule has 1 fully saturated rings. The van der Waals surface area contributed by atoms with E-state index in [1.54, 1.807) is 0 Å². The van der Waals surface area contributed by atoms with Crippen LogP contribution in [0.25, 0.3) is 0 Å². The van der Waals surface area contributed by atoms with Crippen LogP contribution in [-0.4, -0.2) is 55.0 Å². The predicted octanol–water partition coefficient (Wildman–Crippen LogP) is 1.06. The summed E-state index contributed by atoms with van der Waals surface area (Å²) in [7, 11) is 2.01. The summed E-state index contributed by atoms with van der Waals surface area (Å²) >= 11 is 0. The van der Waals surface area contributed by atoms with Crippen molar-refractivity contribution >= 4 is 5.91 Å². The lowest BCUT2D eigenvalue weighted by atomic mass is 10.2. The van der Waals surface area contributed by atoms with Crippen molar-refractivity contribution in [2.75, 3.05) is 33.2 Å². The van der Waals surface area contributed by atoms with Gasteiger partial charge in [-0.15, -0.1) is 0 Å². The predicted molar refractivity (Wildman–Crippen MR) is 70.8 cm³/mol. The van der Waals surface area contributed by atoms with Crippen LogP contribution in [0.2, 0.25) is 0 Å². The number of nitrogens with two attached hydrogens (primary N) is 1. The second-order valence-corrected chi connectivity index (χ2v) is 5.04. The number of rotatable bonds is 5. The van der Waals surface area contributed by atoms with Crippen molar-refractivity contribution in [2.24, 2.45) is 5.73 Å². The number of likely N-dealkylation sites (N-methyl/N-ethyl adjacent to an activating group) is 1. The summed E-state index contributed by atoms with van der Waals surface area (Å²) in [5.74, 6) is 0.284. The Morgan fingerprint density at radius 3 is 2.41 bits per heavy atom. The Hall–Kier alpha value is -0.610. The van der Waals surface area contributed by atoms with Crippen LogP contribution in [0, 0.1) is 0 Å². The van der Waals surface area contributed by atoms with E-state index in [2.05, 4.69) is 4.90 Å². The SMILES string of the molecule is CC(C(=O)N1CCCCCC1)N(C)CCCN. The molecule has 0 aromatic rings. The Bertz CT molecular complexity index is 225. The van der Waals surface area contributed by atoms with Crippen LogP contribution in [-0.2, 0) is 4.79 Å². The van der Waals surface area contributed by atoms with Gasteiger partial charge in [-0.25, -0.2) is 0 Å². The maximum absolute atomic E-state index is 12.3. The molecule has 17 heavy (non-hydrogen) atoms. The molecule has 1 aliphatic rings. The Kier molecular flexibility index (Phi) is 6.52. The summed E-state index contributed by atoms with van der Waals surface area (Å²) in [4.78, 5) is 16.5. The zero-order chi connectivity index (χ0) is 12.7. The third-order valence-corrected chi connectivity index (χ3v) is 3.65. The van der Waals surface area contributed by atoms with Crippen molar-refractivity contribution in [3.8, 4) is 0 Å². The van der Waals surface area contributed by atoms with E-state index in [0.29, 0.717) is 6.54 Å². The lowest BCUT2D eigenvalue weighted by Gasteiger charge is -2.29. The minimum Gasteiger partial charge on any atom is -0.341 e. The van der Waals surface area contributed by atoms with Crippen molar-refractivity contribution in [2.45, 2.75) is 45.1 Å². The van der Waals surface area contributed by atoms with Gasteiger partial charge in [0, 0.05) is 13.1 Å². The summed E-state index contributed by atoms with van der Waals surface area (Å²) < 4.78 is 0. The minimum atomic E-state index is -0.0142. The highest BCUT2D eigenvalue weighted by Crippen LogP contribution is 2.12. The van der Waals surface area contributed by atoms with Gasteiger partial charge in [-0.05, 0) is 46.3 Å². The van der Waals surface area contributed by atoms with E-state index in [4.69, 9.17) is 5.73 Å². The first kappa shape index (κ1) is 14.5. The van der Waals surface area contributed by atoms with Gasteiger partial charge in [-0.3, -0.25) is 9.69 Å². The monoisotopic (exact) mass is 241 g/mol. The van der Waals surface area contributed by atoms with Gasteiger partial charge >= 0.3 is 0 Å². The van der Waals surface area contributed by atoms with Gasteiger partial charge in [-0.2, -0.15) is 0 Å². The van der Waals surface area contributed by atoms with Crippen molar-refractivity contribution in [1.82, 2.24) is 9.80 Å². The van der Waals surface area contributed by atoms with Crippen LogP contribution in [0.4, 0.5) is 0 Å². The number of hydrogen-bond donors (Lipinski definition) is 1. The third kappa shape index (κ3) is 4.64. The second kappa shape index (κ2) is 7.67. The number of hydrogen-bond acceptors (Lipinski definition) is 3. The maximum Gasteiger partial charge on any atom is 0.239 e. The normalized spacial score (nSPS) is 19.2. The first-order valence-electron chi connectivity index (χ1n) is 6.86. The molecule has 0 bridgehead atoms. The van der Waals surface area contributed by atoms with Crippen LogP contribution in [0.3, 0.4) is 0 Å². The first-order chi connectivity index (χ1) is 8.16. The van der Waals surface area contributed by atoms with E-state index < -0.39 is 0 Å². The number of likely N-dealkylation sites (tertiary alicyclic amines) is 1. The molecule has 1 aliphatic heterocycles. The molecule has 4 heteroatoms. The highest BCUT2D eigenvalue weighted by molar-refractivity contribution is 5.81. The first-order valence-corrected chi connectivity index (χ1v) is 6.86. The number of carbonyl (C=O) groups excluding carboxylic acids is 1. The molecule has 0 aliphatic carbocycles. The minimum absolute atomic E-state index is 0.0142. The Balaban J connectivity index is 2.43. The van der Waals surface area contributed by atoms with Gasteiger partial charge in [-0.1, -0.05) is 12.8 Å². The smallest absolute Gasteiger partial charge is 0.239 e. The van der Waals surface area contributed by atoms with Gasteiger partial charge in [0.25, 0.3) is 0 Å². The zero-order valence-electron chi connectivity index (χ0n) is 11.3. The van der Waals surface area contributed by atoms with E-state index >= 15 is 0 Å². The van der Waals surface area contributed by atoms with Crippen LogP contribution >= 0.6 is 0 Å². The van der Waals surface area contributed by atoms with Crippen molar-refractivity contribution in [3.63, 3.8) is 0 Å². The van der Waals surface area contributed by atoms with E-state index in [1.807, 2.05) is 18.9 Å². The van der Waals surface area contributed by atoms with Gasteiger partial charge in [0.05, 0.1) is 6.04 Å². The zero-order valence-corrected chi connectivity index (χ0v) is 11.3. The molecule has 4 nitrogen and oxygen atoms in total. The largest absolute Gasteiger partial charge is 0.341 e. The third-order valence-electron chi connectivity index (χ3n) is 3.65. The van der Waals surface area contributed by atoms with Gasteiger partial charge in [0.1, 0.15) is 0 Å². The number of carbonyl (C=O) groups is 1. The molecule has 1 saturated heterocycles. The molecular weight excluding hydrogens is 214 g/mol. The van der Waals surface area contributed by atoms with Gasteiger partial charge < -0.3 is 10.6 Å². The average Bonchev–Trinajstić information content (AvgIpc) is 2.62. The quantitative estimate of drug-likeness (QED) is 0.783. The summed E-state index contributed by atoms with van der Waals surface area (Å²) in [6.45, 7) is 5.47. The standard InChI is InChI=1S/C13H27N3O/c1-12(15(2)9-7-8-14)13(17)16-10-5-3-4-6-11-16/h12H,3-11,14H2,1-2H3. The van der Waals surface area contributed by atoms with E-state index in [1.165, 1.54) is 12.8 Å². The molecule has 0 saturated carbocycles. The molecule has 0 aromatic heterocycles. The van der Waals surface area contributed by atoms with Gasteiger partial charge in [0.15, 0.2) is 0 Å². The molecule has 1 heterocycles. The molecule has 1 amide bonds. The topological polar surface area (TPSA) is 49.6 Å². The lowest BCUT2D eigenvalue weighted by Crippen LogP contribution is -2.46. The van der Waals surface area contributed by atoms with Crippen molar-refractivity contribution in [3.05, 3.63) is 0 Å². The molecule has 0 spiro atoms.